The lowest BCUT2D eigenvalue weighted by atomic mass is 9.90. The molecule has 0 atom stereocenters. The Hall–Kier alpha value is -3.07. The van der Waals surface area contributed by atoms with Crippen molar-refractivity contribution >= 4 is 21.8 Å². The second-order valence-electron chi connectivity index (χ2n) is 7.20. The van der Waals surface area contributed by atoms with Gasteiger partial charge in [0.15, 0.2) is 0 Å². The van der Waals surface area contributed by atoms with Gasteiger partial charge < -0.3 is 9.47 Å². The maximum absolute atomic E-state index is 5.82. The van der Waals surface area contributed by atoms with Gasteiger partial charge in [0.05, 0.1) is 30.6 Å². The van der Waals surface area contributed by atoms with Gasteiger partial charge in [0, 0.05) is 11.6 Å². The van der Waals surface area contributed by atoms with E-state index in [4.69, 9.17) is 9.47 Å². The number of nitrogens with zero attached hydrogens (tertiary/aromatic N) is 1. The predicted octanol–water partition coefficient (Wildman–Crippen LogP) is 5.51. The molecule has 0 aliphatic rings. The van der Waals surface area contributed by atoms with Crippen LogP contribution in [0, 0.1) is 13.8 Å². The molecular weight excluding hydrogens is 346 g/mol. The average molecular weight is 372 g/mol. The van der Waals surface area contributed by atoms with E-state index in [9.17, 15) is 0 Å². The molecule has 0 fully saturated rings. The molecule has 3 heteroatoms. The Labute approximate surface area is 166 Å². The van der Waals surface area contributed by atoms with Crippen LogP contribution in [0.2, 0.25) is 0 Å². The van der Waals surface area contributed by atoms with Gasteiger partial charge in [0.1, 0.15) is 18.5 Å². The fourth-order valence-electron chi connectivity index (χ4n) is 4.14. The zero-order chi connectivity index (χ0) is 19.8. The molecule has 0 saturated carbocycles. The Bertz CT molecular complexity index is 1170. The van der Waals surface area contributed by atoms with Crippen LogP contribution in [0.4, 0.5) is 0 Å². The highest BCUT2D eigenvalue weighted by Gasteiger charge is 2.22. The summed E-state index contributed by atoms with van der Waals surface area (Å²) in [5.74, 6) is 1.76. The molecule has 0 spiro atoms. The van der Waals surface area contributed by atoms with Gasteiger partial charge in [-0.3, -0.25) is 0 Å². The first-order chi connectivity index (χ1) is 13.5. The van der Waals surface area contributed by atoms with Crippen molar-refractivity contribution in [3.63, 3.8) is 0 Å². The van der Waals surface area contributed by atoms with Crippen LogP contribution < -0.4 is 14.0 Å². The van der Waals surface area contributed by atoms with Gasteiger partial charge in [-0.2, -0.15) is 4.57 Å². The van der Waals surface area contributed by atoms with Crippen molar-refractivity contribution in [3.8, 4) is 22.6 Å². The molecule has 3 nitrogen and oxygen atoms in total. The van der Waals surface area contributed by atoms with E-state index < -0.39 is 0 Å². The molecule has 0 bridgehead atoms. The number of fused-ring (bicyclic) bond motifs is 2. The maximum atomic E-state index is 5.82. The summed E-state index contributed by atoms with van der Waals surface area (Å²) >= 11 is 0. The number of hydrogen-bond acceptors (Lipinski definition) is 2. The van der Waals surface area contributed by atoms with E-state index in [-0.39, 0.29) is 0 Å². The summed E-state index contributed by atoms with van der Waals surface area (Å²) in [7, 11) is 3.82. The Morgan fingerprint density at radius 1 is 0.786 bits per heavy atom. The van der Waals surface area contributed by atoms with E-state index >= 15 is 0 Å². The first-order valence-electron chi connectivity index (χ1n) is 9.68. The van der Waals surface area contributed by atoms with Crippen molar-refractivity contribution in [2.45, 2.75) is 20.8 Å². The molecular formula is C25H26NO2+. The minimum Gasteiger partial charge on any atom is -0.497 e. The normalized spacial score (nSPS) is 11.2. The minimum absolute atomic E-state index is 0.654. The van der Waals surface area contributed by atoms with E-state index in [0.29, 0.717) is 6.61 Å². The molecule has 0 radical (unpaired) electrons. The molecule has 0 unspecified atom stereocenters. The lowest BCUT2D eigenvalue weighted by Gasteiger charge is -2.16. The minimum atomic E-state index is 0.654. The molecule has 142 valence electrons. The lowest BCUT2D eigenvalue weighted by molar-refractivity contribution is -0.617. The molecule has 4 rings (SSSR count). The van der Waals surface area contributed by atoms with Crippen LogP contribution in [-0.4, -0.2) is 13.7 Å². The van der Waals surface area contributed by atoms with Gasteiger partial charge in [0.25, 0.3) is 0 Å². The van der Waals surface area contributed by atoms with Crippen molar-refractivity contribution in [1.29, 1.82) is 0 Å². The van der Waals surface area contributed by atoms with Gasteiger partial charge in [-0.1, -0.05) is 18.2 Å². The van der Waals surface area contributed by atoms with E-state index in [1.54, 1.807) is 7.11 Å². The largest absolute Gasteiger partial charge is 0.497 e. The van der Waals surface area contributed by atoms with E-state index in [0.717, 1.165) is 17.0 Å². The summed E-state index contributed by atoms with van der Waals surface area (Å²) in [5.41, 5.74) is 7.40. The second kappa shape index (κ2) is 7.16. The summed E-state index contributed by atoms with van der Waals surface area (Å²) in [6, 6.07) is 19.2. The fourth-order valence-corrected chi connectivity index (χ4v) is 4.14. The molecule has 0 aliphatic carbocycles. The average Bonchev–Trinajstić information content (AvgIpc) is 2.70. The number of ether oxygens (including phenoxy) is 2. The van der Waals surface area contributed by atoms with E-state index in [2.05, 4.69) is 67.9 Å². The molecule has 0 amide bonds. The Balaban J connectivity index is 2.22. The predicted molar refractivity (Wildman–Crippen MR) is 115 cm³/mol. The number of hydrogen-bond donors (Lipinski definition) is 0. The summed E-state index contributed by atoms with van der Waals surface area (Å²) in [6.45, 7) is 7.04. The zero-order valence-electron chi connectivity index (χ0n) is 17.2. The molecule has 4 aromatic rings. The monoisotopic (exact) mass is 372 g/mol. The van der Waals surface area contributed by atoms with Crippen molar-refractivity contribution in [2.24, 2.45) is 7.05 Å². The highest BCUT2D eigenvalue weighted by molar-refractivity contribution is 6.08. The SMILES string of the molecule is CCOc1ccc2c(c1)c(-c1c(C)cccc1C)c1ccc(OC)cc1[n+]2C. The van der Waals surface area contributed by atoms with Crippen molar-refractivity contribution in [1.82, 2.24) is 0 Å². The van der Waals surface area contributed by atoms with Crippen LogP contribution in [0.25, 0.3) is 32.9 Å². The number of benzene rings is 3. The molecule has 0 saturated heterocycles. The molecule has 3 aromatic carbocycles. The third kappa shape index (κ3) is 2.88. The standard InChI is InChI=1S/C25H26NO2/c1-6-28-19-11-13-22-21(14-19)25(24-16(2)8-7-9-17(24)3)20-12-10-18(27-5)15-23(20)26(22)4/h7-15H,6H2,1-5H3/q+1. The number of methoxy groups -OCH3 is 1. The van der Waals surface area contributed by atoms with Gasteiger partial charge in [-0.25, -0.2) is 0 Å². The lowest BCUT2D eigenvalue weighted by Crippen LogP contribution is -2.30. The summed E-state index contributed by atoms with van der Waals surface area (Å²) in [6.07, 6.45) is 0. The quantitative estimate of drug-likeness (QED) is 0.348. The van der Waals surface area contributed by atoms with Crippen molar-refractivity contribution in [2.75, 3.05) is 13.7 Å². The number of rotatable bonds is 4. The molecule has 0 aliphatic heterocycles. The summed E-state index contributed by atoms with van der Waals surface area (Å²) in [4.78, 5) is 0. The van der Waals surface area contributed by atoms with Gasteiger partial charge in [0.2, 0.25) is 11.0 Å². The summed E-state index contributed by atoms with van der Waals surface area (Å²) < 4.78 is 13.6. The Morgan fingerprint density at radius 2 is 1.50 bits per heavy atom. The third-order valence-corrected chi connectivity index (χ3v) is 5.48. The van der Waals surface area contributed by atoms with Crippen LogP contribution in [0.15, 0.2) is 54.6 Å². The van der Waals surface area contributed by atoms with E-state index in [1.807, 2.05) is 19.1 Å². The fraction of sp³-hybridized carbons (Fsp3) is 0.240. The van der Waals surface area contributed by atoms with Crippen molar-refractivity contribution in [3.05, 3.63) is 65.7 Å². The molecule has 1 heterocycles. The smallest absolute Gasteiger partial charge is 0.217 e. The highest BCUT2D eigenvalue weighted by Crippen LogP contribution is 2.39. The van der Waals surface area contributed by atoms with Crippen LogP contribution in [0.3, 0.4) is 0 Å². The second-order valence-corrected chi connectivity index (χ2v) is 7.20. The maximum Gasteiger partial charge on any atom is 0.217 e. The first-order valence-corrected chi connectivity index (χ1v) is 9.68. The van der Waals surface area contributed by atoms with Crippen molar-refractivity contribution < 1.29 is 14.0 Å². The first kappa shape index (κ1) is 18.3. The topological polar surface area (TPSA) is 22.3 Å². The van der Waals surface area contributed by atoms with E-state index in [1.165, 1.54) is 38.5 Å². The van der Waals surface area contributed by atoms with Crippen LogP contribution >= 0.6 is 0 Å². The molecule has 0 N–H and O–H groups in total. The van der Waals surface area contributed by atoms with Crippen LogP contribution in [0.5, 0.6) is 11.5 Å². The number of pyridine rings is 1. The molecule has 1 aromatic heterocycles. The number of aromatic nitrogens is 1. The number of aryl methyl sites for hydroxylation is 3. The summed E-state index contributed by atoms with van der Waals surface area (Å²) in [5, 5.41) is 2.41. The van der Waals surface area contributed by atoms with Gasteiger partial charge >= 0.3 is 0 Å². The Kier molecular flexibility index (Phi) is 4.68. The van der Waals surface area contributed by atoms with Crippen LogP contribution in [0.1, 0.15) is 18.1 Å². The van der Waals surface area contributed by atoms with Gasteiger partial charge in [-0.15, -0.1) is 0 Å². The highest BCUT2D eigenvalue weighted by atomic mass is 16.5. The Morgan fingerprint density at radius 3 is 2.18 bits per heavy atom. The molecule has 28 heavy (non-hydrogen) atoms. The third-order valence-electron chi connectivity index (χ3n) is 5.48. The van der Waals surface area contributed by atoms with Crippen LogP contribution in [-0.2, 0) is 7.05 Å². The van der Waals surface area contributed by atoms with Gasteiger partial charge in [-0.05, 0) is 61.7 Å². The zero-order valence-corrected chi connectivity index (χ0v) is 17.2.